The zero-order chi connectivity index (χ0) is 24.7. The topological polar surface area (TPSA) is 99.7 Å². The number of halogens is 3. The molecule has 2 aliphatic carbocycles. The summed E-state index contributed by atoms with van der Waals surface area (Å²) in [6.45, 7) is 0.765. The summed E-state index contributed by atoms with van der Waals surface area (Å²) in [5.41, 5.74) is 0. The highest BCUT2D eigenvalue weighted by Gasteiger charge is 2.36. The molecule has 0 spiro atoms. The first-order chi connectivity index (χ1) is 16.2. The molecule has 0 aliphatic heterocycles. The number of amides is 2. The second kappa shape index (κ2) is 12.1. The number of ether oxygens (including phenoxy) is 1. The van der Waals surface area contributed by atoms with Gasteiger partial charge in [-0.2, -0.15) is 20.5 Å². The molecule has 0 radical (unpaired) electrons. The first-order valence-electron chi connectivity index (χ1n) is 11.6. The van der Waals surface area contributed by atoms with E-state index in [1.165, 1.54) is 11.8 Å². The van der Waals surface area contributed by atoms with Crippen molar-refractivity contribution in [3.63, 3.8) is 0 Å². The first kappa shape index (κ1) is 26.6. The number of rotatable bonds is 15. The molecule has 4 N–H and O–H groups in total. The van der Waals surface area contributed by atoms with E-state index in [1.807, 2.05) is 0 Å². The van der Waals surface area contributed by atoms with E-state index in [1.54, 1.807) is 6.92 Å². The number of nitrogens with one attached hydrogen (secondary N) is 3. The predicted molar refractivity (Wildman–Crippen MR) is 123 cm³/mol. The van der Waals surface area contributed by atoms with Gasteiger partial charge in [0.05, 0.1) is 12.1 Å². The van der Waals surface area contributed by atoms with Crippen molar-refractivity contribution in [3.8, 4) is 5.75 Å². The van der Waals surface area contributed by atoms with E-state index in [2.05, 4.69) is 20.7 Å². The van der Waals surface area contributed by atoms with Crippen LogP contribution in [-0.2, 0) is 9.59 Å². The normalized spacial score (nSPS) is 18.6. The second-order valence-electron chi connectivity index (χ2n) is 8.86. The lowest BCUT2D eigenvalue weighted by molar-refractivity contribution is -0.172. The van der Waals surface area contributed by atoms with Crippen LogP contribution in [0.5, 0.6) is 5.75 Å². The summed E-state index contributed by atoms with van der Waals surface area (Å²) in [4.78, 5) is 25.1. The largest absolute Gasteiger partial charge is 0.432 e. The highest BCUT2D eigenvalue weighted by molar-refractivity contribution is 7.99. The minimum absolute atomic E-state index is 0.0620. The second-order valence-corrected chi connectivity index (χ2v) is 9.93. The Morgan fingerprint density at radius 1 is 1.18 bits per heavy atom. The number of carbonyl (C=O) groups excluding carboxylic acids is 2. The number of aliphatic hydroxyl groups is 1. The van der Waals surface area contributed by atoms with E-state index in [0.29, 0.717) is 5.92 Å². The fourth-order valence-corrected chi connectivity index (χ4v) is 4.51. The Labute approximate surface area is 201 Å². The van der Waals surface area contributed by atoms with Crippen LogP contribution in [0.2, 0.25) is 0 Å². The number of thioether (sulfide) groups is 1. The van der Waals surface area contributed by atoms with Crippen molar-refractivity contribution in [1.82, 2.24) is 16.0 Å². The van der Waals surface area contributed by atoms with Gasteiger partial charge in [-0.15, -0.1) is 0 Å². The molecule has 0 saturated heterocycles. The number of benzene rings is 1. The Balaban J connectivity index is 1.56. The van der Waals surface area contributed by atoms with Gasteiger partial charge in [0.1, 0.15) is 18.1 Å². The Bertz CT molecular complexity index is 822. The highest BCUT2D eigenvalue weighted by Crippen LogP contribution is 2.32. The average molecular weight is 504 g/mol. The minimum atomic E-state index is -3.65. The molecule has 11 heteroatoms. The zero-order valence-electron chi connectivity index (χ0n) is 19.1. The molecule has 2 saturated carbocycles. The van der Waals surface area contributed by atoms with E-state index in [9.17, 15) is 27.9 Å². The number of carbonyl (C=O) groups is 2. The number of alkyl halides is 2. The molecule has 3 unspecified atom stereocenters. The molecule has 0 heterocycles. The molecular weight excluding hydrogens is 471 g/mol. The van der Waals surface area contributed by atoms with Gasteiger partial charge < -0.3 is 20.5 Å². The summed E-state index contributed by atoms with van der Waals surface area (Å²) < 4.78 is 46.4. The van der Waals surface area contributed by atoms with Gasteiger partial charge in [0.25, 0.3) is 5.91 Å². The third-order valence-corrected chi connectivity index (χ3v) is 6.90. The molecule has 1 aromatic rings. The quantitative estimate of drug-likeness (QED) is 0.294. The van der Waals surface area contributed by atoms with Crippen LogP contribution in [0, 0.1) is 11.7 Å². The third-order valence-electron chi connectivity index (χ3n) is 5.63. The van der Waals surface area contributed by atoms with Crippen molar-refractivity contribution in [1.29, 1.82) is 0 Å². The van der Waals surface area contributed by atoms with Crippen LogP contribution in [-0.4, -0.2) is 65.3 Å². The molecule has 190 valence electrons. The van der Waals surface area contributed by atoms with Crippen LogP contribution in [0.15, 0.2) is 24.3 Å². The van der Waals surface area contributed by atoms with Crippen molar-refractivity contribution in [2.45, 2.75) is 69.4 Å². The van der Waals surface area contributed by atoms with Gasteiger partial charge in [0.2, 0.25) is 5.91 Å². The van der Waals surface area contributed by atoms with E-state index < -0.39 is 48.5 Å². The Morgan fingerprint density at radius 2 is 1.85 bits per heavy atom. The van der Waals surface area contributed by atoms with Gasteiger partial charge in [0, 0.05) is 11.8 Å². The Kier molecular flexibility index (Phi) is 9.49. The molecule has 2 amide bonds. The van der Waals surface area contributed by atoms with Crippen molar-refractivity contribution < 1.29 is 32.6 Å². The molecule has 3 atom stereocenters. The van der Waals surface area contributed by atoms with Gasteiger partial charge in [-0.05, 0) is 68.0 Å². The summed E-state index contributed by atoms with van der Waals surface area (Å²) in [7, 11) is 0. The van der Waals surface area contributed by atoms with E-state index in [-0.39, 0.29) is 24.0 Å². The fourth-order valence-electron chi connectivity index (χ4n) is 3.20. The van der Waals surface area contributed by atoms with Crippen molar-refractivity contribution in [2.24, 2.45) is 5.92 Å². The lowest BCUT2D eigenvalue weighted by Crippen LogP contribution is -2.56. The predicted octanol–water partition coefficient (Wildman–Crippen LogP) is 2.43. The molecule has 0 aromatic heterocycles. The molecule has 0 bridgehead atoms. The lowest BCUT2D eigenvalue weighted by Gasteiger charge is -2.27. The maximum absolute atomic E-state index is 14.4. The Morgan fingerprint density at radius 3 is 2.44 bits per heavy atom. The maximum atomic E-state index is 14.4. The van der Waals surface area contributed by atoms with E-state index >= 15 is 0 Å². The third kappa shape index (κ3) is 8.99. The van der Waals surface area contributed by atoms with Gasteiger partial charge >= 0.3 is 6.11 Å². The fraction of sp³-hybridized carbons (Fsp3) is 0.652. The van der Waals surface area contributed by atoms with Crippen molar-refractivity contribution in [3.05, 3.63) is 30.1 Å². The van der Waals surface area contributed by atoms with Gasteiger partial charge in [-0.1, -0.05) is 6.92 Å². The molecule has 1 aromatic carbocycles. The van der Waals surface area contributed by atoms with Crippen molar-refractivity contribution >= 4 is 23.6 Å². The molecule has 2 fully saturated rings. The van der Waals surface area contributed by atoms with Crippen LogP contribution in [0.25, 0.3) is 0 Å². The average Bonchev–Trinajstić information content (AvgIpc) is 3.71. The van der Waals surface area contributed by atoms with Crippen LogP contribution in [0.4, 0.5) is 13.2 Å². The van der Waals surface area contributed by atoms with Crippen LogP contribution >= 0.6 is 11.8 Å². The summed E-state index contributed by atoms with van der Waals surface area (Å²) in [5, 5.41) is 18.3. The summed E-state index contributed by atoms with van der Waals surface area (Å²) in [6.07, 6.45) is -0.817. The Hall–Kier alpha value is -1.98. The first-order valence-corrected chi connectivity index (χ1v) is 12.7. The lowest BCUT2D eigenvalue weighted by atomic mass is 10.1. The SMILES string of the molecule is CCC(NC(=O)C(CSCC1CC1)NCC(F)(F)Oc1ccc(F)cc1)C(O)C(=O)NC1CC1. The molecule has 7 nitrogen and oxygen atoms in total. The molecule has 3 rings (SSSR count). The van der Waals surface area contributed by atoms with Crippen molar-refractivity contribution in [2.75, 3.05) is 18.1 Å². The summed E-state index contributed by atoms with van der Waals surface area (Å²) in [5.74, 6) is -0.238. The number of hydrogen-bond acceptors (Lipinski definition) is 6. The molecule has 2 aliphatic rings. The number of hydrogen-bond donors (Lipinski definition) is 4. The van der Waals surface area contributed by atoms with Gasteiger partial charge in [0.15, 0.2) is 6.10 Å². The van der Waals surface area contributed by atoms with Gasteiger partial charge in [-0.3, -0.25) is 14.9 Å². The monoisotopic (exact) mass is 503 g/mol. The van der Waals surface area contributed by atoms with Crippen LogP contribution in [0.1, 0.15) is 39.0 Å². The van der Waals surface area contributed by atoms with E-state index in [0.717, 1.165) is 55.7 Å². The van der Waals surface area contributed by atoms with Crippen LogP contribution < -0.4 is 20.7 Å². The zero-order valence-corrected chi connectivity index (χ0v) is 19.9. The molecular formula is C23H32F3N3O4S. The smallest absolute Gasteiger partial charge is 0.410 e. The van der Waals surface area contributed by atoms with E-state index in [4.69, 9.17) is 0 Å². The van der Waals surface area contributed by atoms with Crippen LogP contribution in [0.3, 0.4) is 0 Å². The van der Waals surface area contributed by atoms with Gasteiger partial charge in [-0.25, -0.2) is 4.39 Å². The summed E-state index contributed by atoms with van der Waals surface area (Å²) in [6, 6.07) is 2.45. The minimum Gasteiger partial charge on any atom is -0.432 e. The summed E-state index contributed by atoms with van der Waals surface area (Å²) >= 11 is 1.49. The standard InChI is InChI=1S/C23H32F3N3O4S/c1-2-18(20(30)22(32)28-16-7-8-16)29-21(31)19(12-34-11-14-3-4-14)27-13-23(25,26)33-17-9-5-15(24)6-10-17/h5-6,9-10,14,16,18-20,27,30H,2-4,7-8,11-13H2,1H3,(H,28,32)(H,29,31). The molecule has 34 heavy (non-hydrogen) atoms. The number of aliphatic hydroxyl groups excluding tert-OH is 1. The maximum Gasteiger partial charge on any atom is 0.410 e. The highest BCUT2D eigenvalue weighted by atomic mass is 32.2.